The molecule has 0 saturated carbocycles. The van der Waals surface area contributed by atoms with Crippen molar-refractivity contribution in [2.75, 3.05) is 20.1 Å². The number of hydrogen-bond acceptors (Lipinski definition) is 4. The van der Waals surface area contributed by atoms with Gasteiger partial charge in [-0.2, -0.15) is 4.31 Å². The van der Waals surface area contributed by atoms with Gasteiger partial charge in [0, 0.05) is 31.6 Å². The van der Waals surface area contributed by atoms with Crippen LogP contribution < -0.4 is 5.32 Å². The van der Waals surface area contributed by atoms with Crippen LogP contribution in [0.3, 0.4) is 0 Å². The molecule has 3 aromatic rings. The van der Waals surface area contributed by atoms with Crippen LogP contribution in [0.2, 0.25) is 5.02 Å². The number of aryl methyl sites for hydroxylation is 1. The summed E-state index contributed by atoms with van der Waals surface area (Å²) in [5.74, 6) is -0.832. The van der Waals surface area contributed by atoms with E-state index in [4.69, 9.17) is 11.6 Å². The summed E-state index contributed by atoms with van der Waals surface area (Å²) in [5.41, 5.74) is 2.45. The lowest BCUT2D eigenvalue weighted by Crippen LogP contribution is -2.53. The number of halogens is 1. The highest BCUT2D eigenvalue weighted by molar-refractivity contribution is 7.89. The monoisotopic (exact) mass is 541 g/mol. The highest BCUT2D eigenvalue weighted by atomic mass is 35.5. The maximum atomic E-state index is 13.7. The van der Waals surface area contributed by atoms with Crippen LogP contribution in [0.4, 0.5) is 0 Å². The number of carbonyl (C=O) groups is 2. The van der Waals surface area contributed by atoms with Gasteiger partial charge in [0.2, 0.25) is 21.8 Å². The molecule has 0 unspecified atom stereocenters. The SMILES string of the molecule is CCNC(=O)[C@@H](Cc1ccccc1)N(Cc1ccccc1Cl)C(=O)CN(C)S(=O)(=O)c1ccc(C)cc1. The highest BCUT2D eigenvalue weighted by Gasteiger charge is 2.33. The van der Waals surface area contributed by atoms with Gasteiger partial charge in [-0.15, -0.1) is 0 Å². The first kappa shape index (κ1) is 28.4. The lowest BCUT2D eigenvalue weighted by Gasteiger charge is -2.32. The molecule has 0 heterocycles. The minimum atomic E-state index is -3.92. The summed E-state index contributed by atoms with van der Waals surface area (Å²) >= 11 is 6.40. The molecular formula is C28H32ClN3O4S. The van der Waals surface area contributed by atoms with Crippen LogP contribution in [0.15, 0.2) is 83.8 Å². The Kier molecular flexibility index (Phi) is 9.86. The number of amides is 2. The number of nitrogens with one attached hydrogen (secondary N) is 1. The Morgan fingerprint density at radius 1 is 0.946 bits per heavy atom. The molecule has 0 saturated heterocycles. The lowest BCUT2D eigenvalue weighted by atomic mass is 10.0. The molecule has 1 N–H and O–H groups in total. The minimum Gasteiger partial charge on any atom is -0.355 e. The molecule has 37 heavy (non-hydrogen) atoms. The Balaban J connectivity index is 1.96. The van der Waals surface area contributed by atoms with Crippen LogP contribution in [-0.2, 0) is 32.6 Å². The van der Waals surface area contributed by atoms with Crippen molar-refractivity contribution >= 4 is 33.4 Å². The zero-order valence-electron chi connectivity index (χ0n) is 21.2. The van der Waals surface area contributed by atoms with Gasteiger partial charge in [0.05, 0.1) is 11.4 Å². The summed E-state index contributed by atoms with van der Waals surface area (Å²) in [6.07, 6.45) is 0.261. The molecule has 0 aliphatic carbocycles. The third-order valence-electron chi connectivity index (χ3n) is 6.01. The number of likely N-dealkylation sites (N-methyl/N-ethyl adjacent to an activating group) is 2. The quantitative estimate of drug-likeness (QED) is 0.397. The van der Waals surface area contributed by atoms with Crippen molar-refractivity contribution in [3.63, 3.8) is 0 Å². The van der Waals surface area contributed by atoms with E-state index in [9.17, 15) is 18.0 Å². The van der Waals surface area contributed by atoms with Gasteiger partial charge in [0.25, 0.3) is 0 Å². The van der Waals surface area contributed by atoms with Crippen molar-refractivity contribution in [2.45, 2.75) is 37.8 Å². The van der Waals surface area contributed by atoms with E-state index in [1.807, 2.05) is 37.3 Å². The maximum Gasteiger partial charge on any atom is 0.243 e. The Bertz CT molecular complexity index is 1310. The lowest BCUT2D eigenvalue weighted by molar-refractivity contribution is -0.141. The van der Waals surface area contributed by atoms with Crippen molar-refractivity contribution < 1.29 is 18.0 Å². The third kappa shape index (κ3) is 7.41. The van der Waals surface area contributed by atoms with Gasteiger partial charge in [-0.1, -0.05) is 77.8 Å². The fraction of sp³-hybridized carbons (Fsp3) is 0.286. The molecular weight excluding hydrogens is 510 g/mol. The molecule has 3 rings (SSSR count). The second-order valence-corrected chi connectivity index (χ2v) is 11.2. The zero-order valence-corrected chi connectivity index (χ0v) is 22.8. The van der Waals surface area contributed by atoms with Crippen LogP contribution in [-0.4, -0.2) is 55.6 Å². The molecule has 0 bridgehead atoms. The summed E-state index contributed by atoms with van der Waals surface area (Å²) in [7, 11) is -2.56. The Hall–Kier alpha value is -3.20. The topological polar surface area (TPSA) is 86.8 Å². The van der Waals surface area contributed by atoms with E-state index in [1.165, 1.54) is 24.1 Å². The van der Waals surface area contributed by atoms with Crippen molar-refractivity contribution in [1.29, 1.82) is 0 Å². The Morgan fingerprint density at radius 2 is 1.57 bits per heavy atom. The van der Waals surface area contributed by atoms with Crippen molar-refractivity contribution in [3.05, 3.63) is 101 Å². The molecule has 0 radical (unpaired) electrons. The predicted molar refractivity (Wildman–Crippen MR) is 146 cm³/mol. The largest absolute Gasteiger partial charge is 0.355 e. The molecule has 1 atom stereocenters. The fourth-order valence-corrected chi connectivity index (χ4v) is 5.23. The smallest absolute Gasteiger partial charge is 0.243 e. The summed E-state index contributed by atoms with van der Waals surface area (Å²) in [6.45, 7) is 3.67. The van der Waals surface area contributed by atoms with Gasteiger partial charge in [0.1, 0.15) is 6.04 Å². The van der Waals surface area contributed by atoms with Crippen LogP contribution in [0.1, 0.15) is 23.6 Å². The van der Waals surface area contributed by atoms with Gasteiger partial charge < -0.3 is 10.2 Å². The van der Waals surface area contributed by atoms with Crippen molar-refractivity contribution in [2.24, 2.45) is 0 Å². The summed E-state index contributed by atoms with van der Waals surface area (Å²) < 4.78 is 27.3. The molecule has 0 spiro atoms. The summed E-state index contributed by atoms with van der Waals surface area (Å²) in [4.78, 5) is 28.5. The average Bonchev–Trinajstić information content (AvgIpc) is 2.88. The number of benzene rings is 3. The number of rotatable bonds is 11. The first-order valence-electron chi connectivity index (χ1n) is 12.0. The third-order valence-corrected chi connectivity index (χ3v) is 8.19. The average molecular weight is 542 g/mol. The summed E-state index contributed by atoms with van der Waals surface area (Å²) in [5, 5.41) is 3.27. The van der Waals surface area contributed by atoms with E-state index in [-0.39, 0.29) is 23.8 Å². The van der Waals surface area contributed by atoms with Crippen LogP contribution in [0.5, 0.6) is 0 Å². The highest BCUT2D eigenvalue weighted by Crippen LogP contribution is 2.22. The number of carbonyl (C=O) groups excluding carboxylic acids is 2. The van der Waals surface area contributed by atoms with Crippen LogP contribution in [0, 0.1) is 6.92 Å². The fourth-order valence-electron chi connectivity index (χ4n) is 3.91. The van der Waals surface area contributed by atoms with Crippen molar-refractivity contribution in [1.82, 2.24) is 14.5 Å². The first-order chi connectivity index (χ1) is 17.6. The van der Waals surface area contributed by atoms with Gasteiger partial charge >= 0.3 is 0 Å². The standard InChI is InChI=1S/C28H32ClN3O4S/c1-4-30-28(34)26(18-22-10-6-5-7-11-22)32(19-23-12-8-9-13-25(23)29)27(33)20-31(3)37(35,36)24-16-14-21(2)15-17-24/h5-17,26H,4,18-20H2,1-3H3,(H,30,34)/t26-/m1/s1. The van der Waals surface area contributed by atoms with E-state index < -0.39 is 28.5 Å². The number of sulfonamides is 1. The summed E-state index contributed by atoms with van der Waals surface area (Å²) in [6, 6.07) is 22.0. The number of nitrogens with zero attached hydrogens (tertiary/aromatic N) is 2. The minimum absolute atomic E-state index is 0.0472. The van der Waals surface area contributed by atoms with E-state index in [1.54, 1.807) is 43.3 Å². The molecule has 3 aromatic carbocycles. The molecule has 0 aliphatic heterocycles. The van der Waals surface area contributed by atoms with Gasteiger partial charge in [-0.05, 0) is 43.2 Å². The second kappa shape index (κ2) is 12.9. The van der Waals surface area contributed by atoms with E-state index in [0.29, 0.717) is 17.1 Å². The first-order valence-corrected chi connectivity index (χ1v) is 13.8. The normalized spacial score (nSPS) is 12.2. The van der Waals surface area contributed by atoms with E-state index >= 15 is 0 Å². The van der Waals surface area contributed by atoms with Gasteiger partial charge in [0.15, 0.2) is 0 Å². The molecule has 0 fully saturated rings. The number of hydrogen-bond donors (Lipinski definition) is 1. The van der Waals surface area contributed by atoms with Crippen molar-refractivity contribution in [3.8, 4) is 0 Å². The van der Waals surface area contributed by atoms with Crippen LogP contribution >= 0.6 is 11.6 Å². The second-order valence-electron chi connectivity index (χ2n) is 8.79. The zero-order chi connectivity index (χ0) is 27.0. The van der Waals surface area contributed by atoms with E-state index in [2.05, 4.69) is 5.32 Å². The molecule has 2 amide bonds. The molecule has 196 valence electrons. The van der Waals surface area contributed by atoms with E-state index in [0.717, 1.165) is 15.4 Å². The Morgan fingerprint density at radius 3 is 2.19 bits per heavy atom. The Labute approximate surface area is 224 Å². The van der Waals surface area contributed by atoms with Gasteiger partial charge in [-0.3, -0.25) is 9.59 Å². The molecule has 7 nitrogen and oxygen atoms in total. The molecule has 0 aliphatic rings. The maximum absolute atomic E-state index is 13.7. The molecule has 9 heteroatoms. The predicted octanol–water partition coefficient (Wildman–Crippen LogP) is 4.05. The van der Waals surface area contributed by atoms with Gasteiger partial charge in [-0.25, -0.2) is 8.42 Å². The molecule has 0 aromatic heterocycles. The van der Waals surface area contributed by atoms with Crippen LogP contribution in [0.25, 0.3) is 0 Å².